The van der Waals surface area contributed by atoms with Gasteiger partial charge in [0, 0.05) is 13.1 Å². The van der Waals surface area contributed by atoms with Crippen LogP contribution in [-0.4, -0.2) is 29.1 Å². The Hall–Kier alpha value is -2.81. The van der Waals surface area contributed by atoms with Crippen LogP contribution >= 0.6 is 0 Å². The van der Waals surface area contributed by atoms with E-state index in [1.807, 2.05) is 6.07 Å². The molecule has 0 fully saturated rings. The average Bonchev–Trinajstić information content (AvgIpc) is 2.92. The molecule has 22 heavy (non-hydrogen) atoms. The molecule has 2 rings (SSSR count). The Morgan fingerprint density at radius 3 is 2.68 bits per heavy atom. The second-order valence-electron chi connectivity index (χ2n) is 5.02. The maximum atomic E-state index is 12.3. The molecule has 1 atom stereocenters. The number of aryl methyl sites for hydroxylation is 1. The van der Waals surface area contributed by atoms with E-state index in [0.29, 0.717) is 29.3 Å². The van der Waals surface area contributed by atoms with Crippen molar-refractivity contribution in [1.82, 2.24) is 10.1 Å². The summed E-state index contributed by atoms with van der Waals surface area (Å²) in [5, 5.41) is 12.6. The van der Waals surface area contributed by atoms with E-state index in [2.05, 4.69) is 5.16 Å². The van der Waals surface area contributed by atoms with Crippen LogP contribution in [0.5, 0.6) is 5.75 Å². The van der Waals surface area contributed by atoms with Gasteiger partial charge in [0.15, 0.2) is 6.10 Å². The van der Waals surface area contributed by atoms with Gasteiger partial charge in [0.1, 0.15) is 17.2 Å². The topological polar surface area (TPSA) is 79.4 Å². The van der Waals surface area contributed by atoms with Crippen LogP contribution in [0.25, 0.3) is 0 Å². The number of hydrogen-bond donors (Lipinski definition) is 0. The SMILES string of the molecule is Cc1cc(CN(C)C(=O)[C@@H](C)Oc2ccc(C#N)cc2)no1. The molecule has 0 saturated heterocycles. The number of ether oxygens (including phenoxy) is 1. The standard InChI is InChI=1S/C16H17N3O3/c1-11-8-14(18-22-11)10-19(3)16(20)12(2)21-15-6-4-13(9-17)5-7-15/h4-8,12H,10H2,1-3H3/t12-/m1/s1. The van der Waals surface area contributed by atoms with E-state index in [4.69, 9.17) is 14.5 Å². The van der Waals surface area contributed by atoms with Gasteiger partial charge in [0.05, 0.1) is 18.2 Å². The van der Waals surface area contributed by atoms with Crippen LogP contribution in [0.3, 0.4) is 0 Å². The third-order valence-corrected chi connectivity index (χ3v) is 3.10. The fourth-order valence-corrected chi connectivity index (χ4v) is 1.99. The predicted octanol–water partition coefficient (Wildman–Crippen LogP) is 2.28. The summed E-state index contributed by atoms with van der Waals surface area (Å²) in [6.07, 6.45) is -0.633. The molecule has 2 aromatic rings. The maximum Gasteiger partial charge on any atom is 0.263 e. The van der Waals surface area contributed by atoms with E-state index >= 15 is 0 Å². The molecule has 0 aliphatic carbocycles. The highest BCUT2D eigenvalue weighted by Crippen LogP contribution is 2.15. The van der Waals surface area contributed by atoms with Gasteiger partial charge < -0.3 is 14.2 Å². The fourth-order valence-electron chi connectivity index (χ4n) is 1.99. The van der Waals surface area contributed by atoms with E-state index in [1.165, 1.54) is 4.90 Å². The van der Waals surface area contributed by atoms with Crippen LogP contribution in [-0.2, 0) is 11.3 Å². The first-order chi connectivity index (χ1) is 10.5. The van der Waals surface area contributed by atoms with Gasteiger partial charge in [-0.1, -0.05) is 5.16 Å². The first kappa shape index (κ1) is 15.6. The van der Waals surface area contributed by atoms with Crippen molar-refractivity contribution in [3.63, 3.8) is 0 Å². The highest BCUT2D eigenvalue weighted by atomic mass is 16.5. The molecular weight excluding hydrogens is 282 g/mol. The zero-order chi connectivity index (χ0) is 16.1. The molecule has 1 aromatic heterocycles. The van der Waals surface area contributed by atoms with E-state index in [1.54, 1.807) is 51.2 Å². The number of hydrogen-bond acceptors (Lipinski definition) is 5. The minimum atomic E-state index is -0.633. The molecule has 1 heterocycles. The fraction of sp³-hybridized carbons (Fsp3) is 0.312. The summed E-state index contributed by atoms with van der Waals surface area (Å²) < 4.78 is 10.6. The molecule has 0 aliphatic rings. The normalized spacial score (nSPS) is 11.5. The third-order valence-electron chi connectivity index (χ3n) is 3.10. The maximum absolute atomic E-state index is 12.3. The van der Waals surface area contributed by atoms with Gasteiger partial charge in [-0.3, -0.25) is 4.79 Å². The summed E-state index contributed by atoms with van der Waals surface area (Å²) in [5.41, 5.74) is 1.24. The van der Waals surface area contributed by atoms with Crippen molar-refractivity contribution in [2.24, 2.45) is 0 Å². The van der Waals surface area contributed by atoms with Crippen molar-refractivity contribution >= 4 is 5.91 Å². The first-order valence-corrected chi connectivity index (χ1v) is 6.83. The molecule has 0 radical (unpaired) electrons. The van der Waals surface area contributed by atoms with Crippen LogP contribution in [0.4, 0.5) is 0 Å². The monoisotopic (exact) mass is 299 g/mol. The minimum absolute atomic E-state index is 0.162. The summed E-state index contributed by atoms with van der Waals surface area (Å²) in [5.74, 6) is 1.09. The molecule has 6 nitrogen and oxygen atoms in total. The summed E-state index contributed by atoms with van der Waals surface area (Å²) in [6, 6.07) is 10.5. The molecule has 0 N–H and O–H groups in total. The molecule has 114 valence electrons. The minimum Gasteiger partial charge on any atom is -0.481 e. The number of benzene rings is 1. The summed E-state index contributed by atoms with van der Waals surface area (Å²) >= 11 is 0. The molecule has 0 saturated carbocycles. The zero-order valence-electron chi connectivity index (χ0n) is 12.7. The highest BCUT2D eigenvalue weighted by Gasteiger charge is 2.20. The van der Waals surface area contributed by atoms with Crippen molar-refractivity contribution in [3.05, 3.63) is 47.3 Å². The Morgan fingerprint density at radius 2 is 2.14 bits per heavy atom. The molecular formula is C16H17N3O3. The molecule has 1 amide bonds. The Labute approximate surface area is 128 Å². The molecule has 0 aliphatic heterocycles. The molecule has 0 unspecified atom stereocenters. The van der Waals surface area contributed by atoms with Gasteiger partial charge in [-0.05, 0) is 38.1 Å². The van der Waals surface area contributed by atoms with Crippen molar-refractivity contribution in [3.8, 4) is 11.8 Å². The van der Waals surface area contributed by atoms with E-state index in [-0.39, 0.29) is 5.91 Å². The van der Waals surface area contributed by atoms with Gasteiger partial charge in [-0.15, -0.1) is 0 Å². The molecule has 6 heteroatoms. The van der Waals surface area contributed by atoms with Gasteiger partial charge in [-0.25, -0.2) is 0 Å². The van der Waals surface area contributed by atoms with Gasteiger partial charge in [0.2, 0.25) is 0 Å². The van der Waals surface area contributed by atoms with Crippen molar-refractivity contribution in [1.29, 1.82) is 5.26 Å². The number of aromatic nitrogens is 1. The van der Waals surface area contributed by atoms with Crippen LogP contribution in [0.1, 0.15) is 23.9 Å². The number of carbonyl (C=O) groups excluding carboxylic acids is 1. The van der Waals surface area contributed by atoms with Crippen molar-refractivity contribution < 1.29 is 14.1 Å². The number of likely N-dealkylation sites (N-methyl/N-ethyl adjacent to an activating group) is 1. The predicted molar refractivity (Wildman–Crippen MR) is 79.0 cm³/mol. The van der Waals surface area contributed by atoms with Crippen LogP contribution in [0.2, 0.25) is 0 Å². The van der Waals surface area contributed by atoms with Gasteiger partial charge in [0.25, 0.3) is 5.91 Å². The van der Waals surface area contributed by atoms with E-state index in [9.17, 15) is 4.79 Å². The largest absolute Gasteiger partial charge is 0.481 e. The van der Waals surface area contributed by atoms with Crippen LogP contribution in [0.15, 0.2) is 34.9 Å². The van der Waals surface area contributed by atoms with Crippen molar-refractivity contribution in [2.45, 2.75) is 26.5 Å². The zero-order valence-corrected chi connectivity index (χ0v) is 12.7. The van der Waals surface area contributed by atoms with E-state index in [0.717, 1.165) is 0 Å². The lowest BCUT2D eigenvalue weighted by atomic mass is 10.2. The number of amides is 1. The van der Waals surface area contributed by atoms with Crippen LogP contribution < -0.4 is 4.74 Å². The van der Waals surface area contributed by atoms with Gasteiger partial charge >= 0.3 is 0 Å². The third kappa shape index (κ3) is 3.85. The van der Waals surface area contributed by atoms with Crippen molar-refractivity contribution in [2.75, 3.05) is 7.05 Å². The number of rotatable bonds is 5. The second-order valence-corrected chi connectivity index (χ2v) is 5.02. The van der Waals surface area contributed by atoms with E-state index < -0.39 is 6.10 Å². The Bertz CT molecular complexity index is 685. The number of nitrogens with zero attached hydrogens (tertiary/aromatic N) is 3. The van der Waals surface area contributed by atoms with Gasteiger partial charge in [-0.2, -0.15) is 5.26 Å². The summed E-state index contributed by atoms with van der Waals surface area (Å²) in [4.78, 5) is 13.8. The lowest BCUT2D eigenvalue weighted by Gasteiger charge is -2.21. The summed E-state index contributed by atoms with van der Waals surface area (Å²) in [6.45, 7) is 3.84. The smallest absolute Gasteiger partial charge is 0.263 e. The molecule has 1 aromatic carbocycles. The van der Waals surface area contributed by atoms with Crippen LogP contribution in [0, 0.1) is 18.3 Å². The Balaban J connectivity index is 1.94. The Morgan fingerprint density at radius 1 is 1.45 bits per heavy atom. The summed E-state index contributed by atoms with van der Waals surface area (Å²) in [7, 11) is 1.69. The average molecular weight is 299 g/mol. The Kier molecular flexibility index (Phi) is 4.79. The quantitative estimate of drug-likeness (QED) is 0.846. The molecule has 0 bridgehead atoms. The number of carbonyl (C=O) groups is 1. The molecule has 0 spiro atoms. The lowest BCUT2D eigenvalue weighted by molar-refractivity contribution is -0.137. The lowest BCUT2D eigenvalue weighted by Crippen LogP contribution is -2.37. The highest BCUT2D eigenvalue weighted by molar-refractivity contribution is 5.80. The first-order valence-electron chi connectivity index (χ1n) is 6.83. The number of nitriles is 1. The second kappa shape index (κ2) is 6.76.